The van der Waals surface area contributed by atoms with Crippen molar-refractivity contribution in [2.45, 2.75) is 109 Å². The van der Waals surface area contributed by atoms with Gasteiger partial charge < -0.3 is 24.6 Å². The van der Waals surface area contributed by atoms with Crippen LogP contribution in [0.15, 0.2) is 60.3 Å². The van der Waals surface area contributed by atoms with Crippen LogP contribution in [0.1, 0.15) is 84.3 Å². The maximum absolute atomic E-state index is 13.3. The van der Waals surface area contributed by atoms with Gasteiger partial charge in [0.2, 0.25) is 0 Å². The van der Waals surface area contributed by atoms with Crippen LogP contribution in [0.3, 0.4) is 0 Å². The third-order valence-electron chi connectivity index (χ3n) is 9.33. The molecule has 2 fully saturated rings. The van der Waals surface area contributed by atoms with Crippen LogP contribution in [0, 0.1) is 5.92 Å². The topological polar surface area (TPSA) is 112 Å². The molecule has 4 rings (SSSR count). The minimum atomic E-state index is -1.44. The Morgan fingerprint density at radius 3 is 2.57 bits per heavy atom. The number of allylic oxidation sites excluding steroid dienone is 3. The van der Waals surface area contributed by atoms with Gasteiger partial charge in [0.25, 0.3) is 0 Å². The molecule has 0 radical (unpaired) electrons. The third-order valence-corrected chi connectivity index (χ3v) is 9.33. The van der Waals surface area contributed by atoms with Crippen molar-refractivity contribution in [2.75, 3.05) is 26.2 Å². The first-order valence-corrected chi connectivity index (χ1v) is 16.3. The molecule has 0 unspecified atom stereocenters. The number of esters is 1. The number of nitrogens with zero attached hydrogens (tertiary/aromatic N) is 3. The second-order valence-electron chi connectivity index (χ2n) is 13.0. The summed E-state index contributed by atoms with van der Waals surface area (Å²) in [6.45, 7) is 10.3. The van der Waals surface area contributed by atoms with Crippen molar-refractivity contribution < 1.29 is 29.3 Å². The number of carbonyl (C=O) groups excluding carboxylic acids is 2. The van der Waals surface area contributed by atoms with E-state index < -0.39 is 36.0 Å². The predicted octanol–water partition coefficient (Wildman–Crippen LogP) is 5.15. The summed E-state index contributed by atoms with van der Waals surface area (Å²) in [5, 5.41) is 22.1. The predicted molar refractivity (Wildman–Crippen MR) is 170 cm³/mol. The van der Waals surface area contributed by atoms with Crippen molar-refractivity contribution >= 4 is 12.1 Å². The molecule has 1 saturated heterocycles. The van der Waals surface area contributed by atoms with E-state index in [1.807, 2.05) is 56.4 Å². The highest BCUT2D eigenvalue weighted by atomic mass is 16.6. The SMILES string of the molecule is C/C(=C\C=C\[C@@H](C)c1ccccn1)[C@H]1OC(=O)C[C@H](O)CC[C@@](C)(O)[C@@H](OC(=O)N2CCN(C3CCCC3)CC2)/C=C\[C@@H]1C. The van der Waals surface area contributed by atoms with Gasteiger partial charge >= 0.3 is 12.1 Å². The number of hydrogen-bond acceptors (Lipinski definition) is 8. The van der Waals surface area contributed by atoms with Gasteiger partial charge in [0.15, 0.2) is 6.10 Å². The van der Waals surface area contributed by atoms with Gasteiger partial charge in [-0.05, 0) is 63.3 Å². The highest BCUT2D eigenvalue weighted by Crippen LogP contribution is 2.28. The Labute approximate surface area is 262 Å². The fourth-order valence-electron chi connectivity index (χ4n) is 6.39. The zero-order chi connectivity index (χ0) is 31.7. The van der Waals surface area contributed by atoms with Crippen molar-refractivity contribution in [3.05, 3.63) is 66.0 Å². The number of aliphatic hydroxyl groups excluding tert-OH is 1. The standard InChI is InChI=1S/C35H51N3O6/c1-25(30-14-7-8-19-36-30)10-9-11-26(2)33-27(3)15-16-31(35(4,42)18-17-29(39)24-32(40)44-33)43-34(41)38-22-20-37(21-23-38)28-12-5-6-13-28/h7-11,14-16,19,25,27-29,31,33,39,42H,5-6,12-13,17-18,20-24H2,1-4H3/b10-9+,16-15-,26-11+/t25-,27+,29-,31+,33-,35-/m1/s1. The van der Waals surface area contributed by atoms with Crippen molar-refractivity contribution in [3.8, 4) is 0 Å². The molecule has 1 aromatic heterocycles. The van der Waals surface area contributed by atoms with E-state index in [0.717, 1.165) is 24.4 Å². The summed E-state index contributed by atoms with van der Waals surface area (Å²) in [6.07, 6.45) is 13.4. The zero-order valence-corrected chi connectivity index (χ0v) is 26.8. The summed E-state index contributed by atoms with van der Waals surface area (Å²) in [7, 11) is 0. The monoisotopic (exact) mass is 609 g/mol. The Kier molecular flexibility index (Phi) is 12.2. The summed E-state index contributed by atoms with van der Waals surface area (Å²) in [5.41, 5.74) is 0.347. The molecule has 0 aromatic carbocycles. The Morgan fingerprint density at radius 1 is 1.16 bits per heavy atom. The second-order valence-corrected chi connectivity index (χ2v) is 13.0. The molecular weight excluding hydrogens is 558 g/mol. The lowest BCUT2D eigenvalue weighted by molar-refractivity contribution is -0.151. The molecule has 2 N–H and O–H groups in total. The number of piperazine rings is 1. The van der Waals surface area contributed by atoms with Crippen LogP contribution in [-0.4, -0.2) is 93.2 Å². The molecule has 242 valence electrons. The average Bonchev–Trinajstić information content (AvgIpc) is 3.56. The summed E-state index contributed by atoms with van der Waals surface area (Å²) >= 11 is 0. The number of ether oxygens (including phenoxy) is 2. The maximum atomic E-state index is 13.3. The number of rotatable bonds is 6. The van der Waals surface area contributed by atoms with Crippen LogP contribution in [0.4, 0.5) is 4.79 Å². The summed E-state index contributed by atoms with van der Waals surface area (Å²) < 4.78 is 11.8. The van der Waals surface area contributed by atoms with E-state index in [2.05, 4.69) is 16.8 Å². The molecule has 3 aliphatic rings. The molecule has 0 spiro atoms. The lowest BCUT2D eigenvalue weighted by Gasteiger charge is -2.39. The second kappa shape index (κ2) is 15.8. The van der Waals surface area contributed by atoms with Crippen molar-refractivity contribution in [3.63, 3.8) is 0 Å². The normalized spacial score (nSPS) is 31.6. The van der Waals surface area contributed by atoms with Gasteiger partial charge in [0.1, 0.15) is 11.7 Å². The van der Waals surface area contributed by atoms with E-state index in [1.54, 1.807) is 24.1 Å². The van der Waals surface area contributed by atoms with E-state index in [9.17, 15) is 19.8 Å². The Balaban J connectivity index is 1.47. The van der Waals surface area contributed by atoms with Crippen molar-refractivity contribution in [1.82, 2.24) is 14.8 Å². The molecule has 1 amide bonds. The molecule has 9 heteroatoms. The minimum Gasteiger partial charge on any atom is -0.457 e. The van der Waals surface area contributed by atoms with Crippen LogP contribution in [-0.2, 0) is 14.3 Å². The highest BCUT2D eigenvalue weighted by molar-refractivity contribution is 5.70. The smallest absolute Gasteiger partial charge is 0.410 e. The lowest BCUT2D eigenvalue weighted by Crippen LogP contribution is -2.53. The molecule has 3 heterocycles. The molecule has 0 bridgehead atoms. The van der Waals surface area contributed by atoms with Crippen LogP contribution in [0.5, 0.6) is 0 Å². The fourth-order valence-corrected chi connectivity index (χ4v) is 6.39. The summed E-state index contributed by atoms with van der Waals surface area (Å²) in [6, 6.07) is 6.44. The van der Waals surface area contributed by atoms with Gasteiger partial charge in [-0.25, -0.2) is 4.79 Å². The van der Waals surface area contributed by atoms with Crippen LogP contribution in [0.2, 0.25) is 0 Å². The van der Waals surface area contributed by atoms with Gasteiger partial charge in [-0.15, -0.1) is 0 Å². The Hall–Kier alpha value is -3.01. The molecule has 44 heavy (non-hydrogen) atoms. The Morgan fingerprint density at radius 2 is 1.89 bits per heavy atom. The number of pyridine rings is 1. The number of amides is 1. The number of aliphatic hydroxyl groups is 2. The number of hydrogen-bond donors (Lipinski definition) is 2. The van der Waals surface area contributed by atoms with Crippen LogP contribution < -0.4 is 0 Å². The van der Waals surface area contributed by atoms with Crippen molar-refractivity contribution in [2.24, 2.45) is 5.92 Å². The van der Waals surface area contributed by atoms with Gasteiger partial charge in [-0.1, -0.05) is 57.1 Å². The number of carbonyl (C=O) groups is 2. The molecular formula is C35H51N3O6. The highest BCUT2D eigenvalue weighted by Gasteiger charge is 2.37. The first kappa shape index (κ1) is 33.9. The van der Waals surface area contributed by atoms with Crippen LogP contribution >= 0.6 is 0 Å². The van der Waals surface area contributed by atoms with E-state index in [1.165, 1.54) is 25.7 Å². The first-order chi connectivity index (χ1) is 21.0. The van der Waals surface area contributed by atoms with E-state index >= 15 is 0 Å². The molecule has 1 saturated carbocycles. The maximum Gasteiger partial charge on any atom is 0.410 e. The molecule has 9 nitrogen and oxygen atoms in total. The fraction of sp³-hybridized carbons (Fsp3) is 0.629. The quantitative estimate of drug-likeness (QED) is 0.259. The number of cyclic esters (lactones) is 1. The Bertz CT molecular complexity index is 1170. The molecule has 2 aliphatic heterocycles. The van der Waals surface area contributed by atoms with Gasteiger partial charge in [-0.2, -0.15) is 0 Å². The van der Waals surface area contributed by atoms with Gasteiger partial charge in [0.05, 0.1) is 12.5 Å². The van der Waals surface area contributed by atoms with Crippen LogP contribution in [0.25, 0.3) is 0 Å². The largest absolute Gasteiger partial charge is 0.457 e. The van der Waals surface area contributed by atoms with E-state index in [0.29, 0.717) is 19.1 Å². The zero-order valence-electron chi connectivity index (χ0n) is 26.8. The summed E-state index contributed by atoms with van der Waals surface area (Å²) in [4.78, 5) is 34.7. The van der Waals surface area contributed by atoms with Gasteiger partial charge in [0, 0.05) is 55.9 Å². The average molecular weight is 610 g/mol. The van der Waals surface area contributed by atoms with E-state index in [-0.39, 0.29) is 31.1 Å². The summed E-state index contributed by atoms with van der Waals surface area (Å²) in [5.74, 6) is -0.684. The van der Waals surface area contributed by atoms with Gasteiger partial charge in [-0.3, -0.25) is 14.7 Å². The third kappa shape index (κ3) is 9.49. The van der Waals surface area contributed by atoms with Crippen molar-refractivity contribution in [1.29, 1.82) is 0 Å². The van der Waals surface area contributed by atoms with E-state index in [4.69, 9.17) is 9.47 Å². The molecule has 1 aliphatic carbocycles. The number of aromatic nitrogens is 1. The first-order valence-electron chi connectivity index (χ1n) is 16.3. The molecule has 1 aromatic rings. The molecule has 6 atom stereocenters. The lowest BCUT2D eigenvalue weighted by atomic mass is 9.88. The minimum absolute atomic E-state index is 0.106.